The highest BCUT2D eigenvalue weighted by Gasteiger charge is 2.34. The Kier molecular flexibility index (Phi) is 8.79. The molecule has 3 aromatic rings. The van der Waals surface area contributed by atoms with Crippen LogP contribution in [-0.2, 0) is 16.0 Å². The van der Waals surface area contributed by atoms with E-state index in [9.17, 15) is 14.4 Å². The lowest BCUT2D eigenvalue weighted by Gasteiger charge is -2.12. The first kappa shape index (κ1) is 25.8. The number of aromatic nitrogens is 1. The maximum atomic E-state index is 12.4. The molecule has 1 aromatic heterocycles. The topological polar surface area (TPSA) is 101 Å². The summed E-state index contributed by atoms with van der Waals surface area (Å²) in [6.07, 6.45) is 3.98. The fraction of sp³-hybridized carbons (Fsp3) is 0.250. The van der Waals surface area contributed by atoms with Crippen LogP contribution in [-0.4, -0.2) is 47.0 Å². The molecule has 0 bridgehead atoms. The molecule has 0 atom stereocenters. The summed E-state index contributed by atoms with van der Waals surface area (Å²) >= 11 is 1.36. The minimum absolute atomic E-state index is 0.138. The van der Waals surface area contributed by atoms with Gasteiger partial charge in [-0.3, -0.25) is 24.7 Å². The van der Waals surface area contributed by atoms with E-state index < -0.39 is 0 Å². The van der Waals surface area contributed by atoms with Crippen molar-refractivity contribution in [3.63, 3.8) is 0 Å². The molecule has 0 saturated heterocycles. The number of carbonyl (C=O) groups is 3. The number of esters is 1. The number of hydrogen-bond donors (Lipinski definition) is 1. The van der Waals surface area contributed by atoms with Gasteiger partial charge in [0.25, 0.3) is 11.8 Å². The van der Waals surface area contributed by atoms with Gasteiger partial charge in [-0.15, -0.1) is 11.3 Å². The average Bonchev–Trinajstić information content (AvgIpc) is 3.44. The Morgan fingerprint density at radius 1 is 1.14 bits per heavy atom. The lowest BCUT2D eigenvalue weighted by molar-refractivity contribution is -0.142. The minimum atomic E-state index is -0.302. The number of benzene rings is 2. The Morgan fingerprint density at radius 2 is 1.92 bits per heavy atom. The van der Waals surface area contributed by atoms with Crippen LogP contribution in [0.3, 0.4) is 0 Å². The molecule has 2 amide bonds. The van der Waals surface area contributed by atoms with Gasteiger partial charge in [0.05, 0.1) is 36.1 Å². The van der Waals surface area contributed by atoms with Gasteiger partial charge < -0.3 is 4.74 Å². The number of anilines is 1. The summed E-state index contributed by atoms with van der Waals surface area (Å²) in [6, 6.07) is 14.6. The molecule has 0 unspecified atom stereocenters. The van der Waals surface area contributed by atoms with E-state index in [4.69, 9.17) is 4.74 Å². The first-order valence-electron chi connectivity index (χ1n) is 12.0. The normalized spacial score (nSPS) is 12.4. The minimum Gasteiger partial charge on any atom is -0.466 e. The molecule has 4 rings (SSSR count). The zero-order valence-corrected chi connectivity index (χ0v) is 21.2. The molecule has 0 spiro atoms. The summed E-state index contributed by atoms with van der Waals surface area (Å²) in [4.78, 5) is 42.0. The number of amides is 2. The third kappa shape index (κ3) is 6.90. The molecular formula is C28H26N4O4S. The van der Waals surface area contributed by atoms with Gasteiger partial charge in [0.2, 0.25) is 5.13 Å². The molecule has 2 heterocycles. The van der Waals surface area contributed by atoms with Crippen LogP contribution in [0, 0.1) is 11.8 Å². The zero-order valence-electron chi connectivity index (χ0n) is 20.4. The second-order valence-corrected chi connectivity index (χ2v) is 9.05. The highest BCUT2D eigenvalue weighted by Crippen LogP contribution is 2.22. The number of fused-ring (bicyclic) bond motifs is 1. The number of carbonyl (C=O) groups excluding carboxylic acids is 3. The maximum absolute atomic E-state index is 12.4. The van der Waals surface area contributed by atoms with Gasteiger partial charge in [-0.05, 0) is 49.6 Å². The molecular weight excluding hydrogens is 488 g/mol. The van der Waals surface area contributed by atoms with Crippen molar-refractivity contribution in [1.29, 1.82) is 0 Å². The summed E-state index contributed by atoms with van der Waals surface area (Å²) in [5, 5.41) is 6.60. The molecule has 2 aromatic carbocycles. The third-order valence-corrected chi connectivity index (χ3v) is 6.28. The van der Waals surface area contributed by atoms with Crippen LogP contribution in [0.2, 0.25) is 0 Å². The quantitative estimate of drug-likeness (QED) is 0.107. The Balaban J connectivity index is 1.21. The predicted molar refractivity (Wildman–Crippen MR) is 143 cm³/mol. The molecule has 37 heavy (non-hydrogen) atoms. The number of unbranched alkanes of at least 4 members (excludes halogenated alkanes) is 2. The van der Waals surface area contributed by atoms with Crippen molar-refractivity contribution >= 4 is 40.5 Å². The van der Waals surface area contributed by atoms with Gasteiger partial charge in [-0.2, -0.15) is 5.10 Å². The van der Waals surface area contributed by atoms with Crippen molar-refractivity contribution in [2.45, 2.75) is 32.6 Å². The molecule has 9 heteroatoms. The smallest absolute Gasteiger partial charge is 0.311 e. The number of ether oxygens (including phenoxy) is 1. The van der Waals surface area contributed by atoms with E-state index in [1.807, 2.05) is 24.3 Å². The lowest BCUT2D eigenvalue weighted by Crippen LogP contribution is -2.30. The van der Waals surface area contributed by atoms with Crippen molar-refractivity contribution in [2.75, 3.05) is 18.6 Å². The molecule has 188 valence electrons. The Labute approximate surface area is 219 Å². The van der Waals surface area contributed by atoms with E-state index in [1.165, 1.54) is 16.2 Å². The molecule has 8 nitrogen and oxygen atoms in total. The monoisotopic (exact) mass is 514 g/mol. The highest BCUT2D eigenvalue weighted by atomic mass is 32.1. The lowest BCUT2D eigenvalue weighted by atomic mass is 10.1. The van der Waals surface area contributed by atoms with E-state index in [1.54, 1.807) is 42.8 Å². The van der Waals surface area contributed by atoms with Crippen LogP contribution in [0.4, 0.5) is 5.13 Å². The van der Waals surface area contributed by atoms with Gasteiger partial charge in [-0.25, -0.2) is 4.98 Å². The molecule has 0 aliphatic carbocycles. The highest BCUT2D eigenvalue weighted by molar-refractivity contribution is 7.13. The fourth-order valence-electron chi connectivity index (χ4n) is 3.75. The van der Waals surface area contributed by atoms with Crippen LogP contribution in [0.1, 0.15) is 63.7 Å². The zero-order chi connectivity index (χ0) is 26.0. The van der Waals surface area contributed by atoms with Crippen LogP contribution in [0.15, 0.2) is 59.0 Å². The molecule has 0 saturated carbocycles. The Morgan fingerprint density at radius 3 is 2.68 bits per heavy atom. The molecule has 0 radical (unpaired) electrons. The Bertz CT molecular complexity index is 1350. The van der Waals surface area contributed by atoms with E-state index in [0.717, 1.165) is 17.5 Å². The van der Waals surface area contributed by atoms with Crippen molar-refractivity contribution in [2.24, 2.45) is 5.10 Å². The van der Waals surface area contributed by atoms with Gasteiger partial charge >= 0.3 is 5.97 Å². The SMILES string of the molecule is CCOC(=O)Cc1csc(NN=Cc2cccc(C#CCCCCN3C(=O)c4ccccc4C3=O)c2)n1. The van der Waals surface area contributed by atoms with Crippen molar-refractivity contribution in [1.82, 2.24) is 9.88 Å². The van der Waals surface area contributed by atoms with Crippen molar-refractivity contribution in [3.8, 4) is 11.8 Å². The number of hydrazone groups is 1. The van der Waals surface area contributed by atoms with E-state index in [0.29, 0.717) is 47.9 Å². The number of imide groups is 1. The predicted octanol–water partition coefficient (Wildman–Crippen LogP) is 4.51. The third-order valence-electron chi connectivity index (χ3n) is 5.49. The molecule has 1 aliphatic rings. The van der Waals surface area contributed by atoms with Crippen LogP contribution >= 0.6 is 11.3 Å². The number of hydrogen-bond acceptors (Lipinski definition) is 8. The van der Waals surface area contributed by atoms with E-state index >= 15 is 0 Å². The van der Waals surface area contributed by atoms with E-state index in [-0.39, 0.29) is 24.2 Å². The van der Waals surface area contributed by atoms with Crippen molar-refractivity contribution in [3.05, 3.63) is 81.9 Å². The standard InChI is InChI=1S/C28H26N4O4S/c1-2-36-25(33)17-22-19-37-28(30-22)31-29-18-21-12-9-11-20(16-21)10-5-3-4-8-15-32-26(34)23-13-6-7-14-24(23)27(32)35/h6-7,9,11-14,16,18-19H,2-4,8,15,17H2,1H3,(H,30,31). The van der Waals surface area contributed by atoms with Crippen molar-refractivity contribution < 1.29 is 19.1 Å². The summed E-state index contributed by atoms with van der Waals surface area (Å²) in [5.74, 6) is 5.58. The fourth-order valence-corrected chi connectivity index (χ4v) is 4.41. The molecule has 1 N–H and O–H groups in total. The van der Waals surface area contributed by atoms with Gasteiger partial charge in [0, 0.05) is 23.9 Å². The summed E-state index contributed by atoms with van der Waals surface area (Å²) < 4.78 is 4.93. The molecule has 1 aliphatic heterocycles. The number of nitrogens with one attached hydrogen (secondary N) is 1. The number of nitrogens with zero attached hydrogens (tertiary/aromatic N) is 3. The van der Waals surface area contributed by atoms with Gasteiger partial charge in [-0.1, -0.05) is 36.1 Å². The maximum Gasteiger partial charge on any atom is 0.311 e. The van der Waals surface area contributed by atoms with Crippen LogP contribution in [0.25, 0.3) is 0 Å². The summed E-state index contributed by atoms with van der Waals surface area (Å²) in [7, 11) is 0. The first-order valence-corrected chi connectivity index (χ1v) is 12.9. The van der Waals surface area contributed by atoms with Gasteiger partial charge in [0.1, 0.15) is 0 Å². The summed E-state index contributed by atoms with van der Waals surface area (Å²) in [6.45, 7) is 2.52. The average molecular weight is 515 g/mol. The van der Waals surface area contributed by atoms with Crippen LogP contribution in [0.5, 0.6) is 0 Å². The number of rotatable bonds is 10. The Hall–Kier alpha value is -4.29. The first-order chi connectivity index (χ1) is 18.0. The number of thiazole rings is 1. The van der Waals surface area contributed by atoms with Gasteiger partial charge in [0.15, 0.2) is 0 Å². The largest absolute Gasteiger partial charge is 0.466 e. The molecule has 0 fully saturated rings. The second kappa shape index (κ2) is 12.6. The van der Waals surface area contributed by atoms with Crippen LogP contribution < -0.4 is 5.43 Å². The summed E-state index contributed by atoms with van der Waals surface area (Å²) in [5.41, 5.74) is 6.24. The van der Waals surface area contributed by atoms with E-state index in [2.05, 4.69) is 27.4 Å². The second-order valence-electron chi connectivity index (χ2n) is 8.19.